The predicted molar refractivity (Wildman–Crippen MR) is 66.1 cm³/mol. The summed E-state index contributed by atoms with van der Waals surface area (Å²) in [6.07, 6.45) is 2.89. The summed E-state index contributed by atoms with van der Waals surface area (Å²) < 4.78 is 0. The molecule has 0 unspecified atom stereocenters. The smallest absolute Gasteiger partial charge is 0.239 e. The monoisotopic (exact) mass is 254 g/mol. The molecule has 1 amide bonds. The molecule has 0 aromatic carbocycles. The quantitative estimate of drug-likeness (QED) is 0.779. The Morgan fingerprint density at radius 2 is 2.29 bits per heavy atom. The van der Waals surface area contributed by atoms with E-state index in [1.165, 1.54) is 0 Å². The Hall–Kier alpha value is -1.36. The molecule has 0 aliphatic heterocycles. The molecule has 2 N–H and O–H groups in total. The van der Waals surface area contributed by atoms with Gasteiger partial charge >= 0.3 is 0 Å². The third kappa shape index (κ3) is 3.85. The largest absolute Gasteiger partial charge is 0.361 e. The van der Waals surface area contributed by atoms with Crippen molar-refractivity contribution in [3.63, 3.8) is 0 Å². The molecule has 6 heteroatoms. The van der Waals surface area contributed by atoms with Crippen LogP contribution in [0, 0.1) is 0 Å². The maximum atomic E-state index is 11.5. The van der Waals surface area contributed by atoms with Gasteiger partial charge in [0.25, 0.3) is 0 Å². The van der Waals surface area contributed by atoms with Gasteiger partial charge in [0.2, 0.25) is 5.91 Å². The maximum absolute atomic E-state index is 11.5. The van der Waals surface area contributed by atoms with Crippen LogP contribution in [0.5, 0.6) is 0 Å². The van der Waals surface area contributed by atoms with Crippen molar-refractivity contribution in [3.05, 3.63) is 17.0 Å². The molecule has 2 rings (SSSR count). The maximum Gasteiger partial charge on any atom is 0.239 e. The highest BCUT2D eigenvalue weighted by atomic mass is 35.5. The van der Waals surface area contributed by atoms with Gasteiger partial charge in [-0.05, 0) is 12.8 Å². The molecule has 0 radical (unpaired) electrons. The lowest BCUT2D eigenvalue weighted by atomic mass is 10.4. The number of hydrogen-bond acceptors (Lipinski definition) is 4. The van der Waals surface area contributed by atoms with Crippen molar-refractivity contribution in [2.24, 2.45) is 0 Å². The van der Waals surface area contributed by atoms with Crippen LogP contribution in [0.3, 0.4) is 0 Å². The van der Waals surface area contributed by atoms with Crippen LogP contribution in [0.15, 0.2) is 6.07 Å². The van der Waals surface area contributed by atoms with Crippen molar-refractivity contribution in [2.45, 2.75) is 32.2 Å². The van der Waals surface area contributed by atoms with E-state index in [0.717, 1.165) is 12.8 Å². The van der Waals surface area contributed by atoms with Crippen LogP contribution in [0.2, 0.25) is 5.15 Å². The second-order valence-electron chi connectivity index (χ2n) is 4.04. The first kappa shape index (κ1) is 12.1. The van der Waals surface area contributed by atoms with E-state index in [1.807, 2.05) is 6.92 Å². The molecular weight excluding hydrogens is 240 g/mol. The van der Waals surface area contributed by atoms with Crippen LogP contribution in [-0.4, -0.2) is 28.5 Å². The number of anilines is 1. The molecule has 1 aliphatic carbocycles. The summed E-state index contributed by atoms with van der Waals surface area (Å²) in [5, 5.41) is 6.23. The summed E-state index contributed by atoms with van der Waals surface area (Å²) in [4.78, 5) is 19.7. The lowest BCUT2D eigenvalue weighted by molar-refractivity contribution is -0.119. The van der Waals surface area contributed by atoms with Gasteiger partial charge in [0.15, 0.2) is 0 Å². The van der Waals surface area contributed by atoms with Crippen LogP contribution < -0.4 is 10.6 Å². The average molecular weight is 255 g/mol. The van der Waals surface area contributed by atoms with E-state index in [1.54, 1.807) is 6.07 Å². The standard InChI is InChI=1S/C11H15ClN4O/c1-2-9-15-8(12)5-10(16-9)13-6-11(17)14-7-3-4-7/h5,7H,2-4,6H2,1H3,(H,14,17)(H,13,15,16). The molecule has 0 atom stereocenters. The summed E-state index contributed by atoms with van der Waals surface area (Å²) in [6, 6.07) is 2.00. The lowest BCUT2D eigenvalue weighted by Crippen LogP contribution is -2.31. The van der Waals surface area contributed by atoms with E-state index in [4.69, 9.17) is 11.6 Å². The molecule has 92 valence electrons. The fourth-order valence-corrected chi connectivity index (χ4v) is 1.59. The van der Waals surface area contributed by atoms with Crippen molar-refractivity contribution < 1.29 is 4.79 Å². The molecule has 1 saturated carbocycles. The minimum Gasteiger partial charge on any atom is -0.361 e. The summed E-state index contributed by atoms with van der Waals surface area (Å²) in [6.45, 7) is 2.17. The fraction of sp³-hybridized carbons (Fsp3) is 0.545. The van der Waals surface area contributed by atoms with Crippen LogP contribution in [-0.2, 0) is 11.2 Å². The number of rotatable bonds is 5. The van der Waals surface area contributed by atoms with E-state index < -0.39 is 0 Å². The van der Waals surface area contributed by atoms with Gasteiger partial charge in [-0.3, -0.25) is 4.79 Å². The zero-order valence-electron chi connectivity index (χ0n) is 9.66. The number of nitrogens with one attached hydrogen (secondary N) is 2. The Morgan fingerprint density at radius 1 is 1.53 bits per heavy atom. The number of halogens is 1. The summed E-state index contributed by atoms with van der Waals surface area (Å²) in [7, 11) is 0. The van der Waals surface area contributed by atoms with Gasteiger partial charge in [0.05, 0.1) is 6.54 Å². The molecular formula is C11H15ClN4O. The van der Waals surface area contributed by atoms with Gasteiger partial charge in [-0.15, -0.1) is 0 Å². The van der Waals surface area contributed by atoms with E-state index >= 15 is 0 Å². The zero-order chi connectivity index (χ0) is 12.3. The topological polar surface area (TPSA) is 66.9 Å². The summed E-state index contributed by atoms with van der Waals surface area (Å²) in [5.74, 6) is 1.25. The zero-order valence-corrected chi connectivity index (χ0v) is 10.4. The first-order valence-electron chi connectivity index (χ1n) is 5.74. The minimum absolute atomic E-state index is 0.0136. The second kappa shape index (κ2) is 5.31. The van der Waals surface area contributed by atoms with Crippen molar-refractivity contribution in [1.82, 2.24) is 15.3 Å². The van der Waals surface area contributed by atoms with Crippen LogP contribution in [0.1, 0.15) is 25.6 Å². The number of nitrogens with zero attached hydrogens (tertiary/aromatic N) is 2. The Morgan fingerprint density at radius 3 is 2.94 bits per heavy atom. The third-order valence-corrected chi connectivity index (χ3v) is 2.62. The molecule has 1 aliphatic rings. The number of carbonyl (C=O) groups is 1. The first-order chi connectivity index (χ1) is 8.17. The van der Waals surface area contributed by atoms with Crippen molar-refractivity contribution in [2.75, 3.05) is 11.9 Å². The number of carbonyl (C=O) groups excluding carboxylic acids is 1. The lowest BCUT2D eigenvalue weighted by Gasteiger charge is -2.07. The fourth-order valence-electron chi connectivity index (χ4n) is 1.39. The molecule has 1 aromatic rings. The Balaban J connectivity index is 1.88. The van der Waals surface area contributed by atoms with Gasteiger partial charge in [0.1, 0.15) is 16.8 Å². The van der Waals surface area contributed by atoms with Gasteiger partial charge in [-0.2, -0.15) is 0 Å². The molecule has 1 aromatic heterocycles. The van der Waals surface area contributed by atoms with Gasteiger partial charge < -0.3 is 10.6 Å². The second-order valence-corrected chi connectivity index (χ2v) is 4.43. The van der Waals surface area contributed by atoms with E-state index in [-0.39, 0.29) is 12.5 Å². The van der Waals surface area contributed by atoms with Crippen molar-refractivity contribution >= 4 is 23.3 Å². The Kier molecular flexibility index (Phi) is 3.78. The van der Waals surface area contributed by atoms with Crippen LogP contribution in [0.25, 0.3) is 0 Å². The highest BCUT2D eigenvalue weighted by Crippen LogP contribution is 2.18. The van der Waals surface area contributed by atoms with Crippen molar-refractivity contribution in [3.8, 4) is 0 Å². The highest BCUT2D eigenvalue weighted by molar-refractivity contribution is 6.29. The minimum atomic E-state index is -0.0136. The van der Waals surface area contributed by atoms with Crippen molar-refractivity contribution in [1.29, 1.82) is 0 Å². The van der Waals surface area contributed by atoms with Gasteiger partial charge in [-0.25, -0.2) is 9.97 Å². The normalized spacial score (nSPS) is 14.5. The molecule has 0 saturated heterocycles. The van der Waals surface area contributed by atoms with E-state index in [9.17, 15) is 4.79 Å². The Labute approximate surface area is 105 Å². The van der Waals surface area contributed by atoms with Crippen LogP contribution >= 0.6 is 11.6 Å². The van der Waals surface area contributed by atoms with Gasteiger partial charge in [-0.1, -0.05) is 18.5 Å². The molecule has 0 bridgehead atoms. The number of aryl methyl sites for hydroxylation is 1. The highest BCUT2D eigenvalue weighted by Gasteiger charge is 2.22. The first-order valence-corrected chi connectivity index (χ1v) is 6.12. The van der Waals surface area contributed by atoms with E-state index in [2.05, 4.69) is 20.6 Å². The third-order valence-electron chi connectivity index (χ3n) is 2.43. The number of amides is 1. The van der Waals surface area contributed by atoms with Crippen LogP contribution in [0.4, 0.5) is 5.82 Å². The molecule has 0 spiro atoms. The van der Waals surface area contributed by atoms with Gasteiger partial charge in [0, 0.05) is 18.5 Å². The van der Waals surface area contributed by atoms with E-state index in [0.29, 0.717) is 29.3 Å². The summed E-state index contributed by atoms with van der Waals surface area (Å²) >= 11 is 5.85. The average Bonchev–Trinajstić information content (AvgIpc) is 3.09. The SMILES string of the molecule is CCc1nc(Cl)cc(NCC(=O)NC2CC2)n1. The summed E-state index contributed by atoms with van der Waals surface area (Å²) in [5.41, 5.74) is 0. The number of hydrogen-bond donors (Lipinski definition) is 2. The molecule has 5 nitrogen and oxygen atoms in total. The predicted octanol–water partition coefficient (Wildman–Crippen LogP) is 1.38. The Bertz CT molecular complexity index is 420. The molecule has 1 heterocycles. The molecule has 17 heavy (non-hydrogen) atoms. The number of aromatic nitrogens is 2. The molecule has 1 fully saturated rings.